The molecule has 3 heterocycles. The molecule has 0 radical (unpaired) electrons. The predicted molar refractivity (Wildman–Crippen MR) is 95.8 cm³/mol. The lowest BCUT2D eigenvalue weighted by molar-refractivity contribution is -0.139. The number of piperidine rings is 1. The van der Waals surface area contributed by atoms with E-state index >= 15 is 0 Å². The van der Waals surface area contributed by atoms with Crippen LogP contribution in [0, 0.1) is 5.92 Å². The molecule has 7 heteroatoms. The summed E-state index contributed by atoms with van der Waals surface area (Å²) in [5, 5.41) is 0. The van der Waals surface area contributed by atoms with Gasteiger partial charge >= 0.3 is 6.03 Å². The number of ether oxygens (including phenoxy) is 2. The molecule has 3 aliphatic heterocycles. The van der Waals surface area contributed by atoms with Crippen LogP contribution in [0.5, 0.6) is 0 Å². The Morgan fingerprint density at radius 2 is 2.04 bits per heavy atom. The van der Waals surface area contributed by atoms with Crippen LogP contribution < -0.4 is 0 Å². The standard InChI is InChI=1S/C19H31N3O4/c1-25-12-10-21-13-19(7-11-26-14-19)22(18(21)24)16-5-8-20(9-6-16)17(23)15-3-2-4-15/h15-16H,2-14H2,1H3. The molecule has 1 saturated carbocycles. The smallest absolute Gasteiger partial charge is 0.321 e. The first-order valence-electron chi connectivity index (χ1n) is 10.1. The van der Waals surface area contributed by atoms with Crippen LogP contribution in [0.2, 0.25) is 0 Å². The fourth-order valence-electron chi connectivity index (χ4n) is 4.94. The average Bonchev–Trinajstić information content (AvgIpc) is 3.17. The van der Waals surface area contributed by atoms with Gasteiger partial charge in [0.1, 0.15) is 0 Å². The average molecular weight is 365 g/mol. The summed E-state index contributed by atoms with van der Waals surface area (Å²) in [5.74, 6) is 0.599. The maximum Gasteiger partial charge on any atom is 0.321 e. The first kappa shape index (κ1) is 18.0. The van der Waals surface area contributed by atoms with Crippen LogP contribution in [0.4, 0.5) is 4.79 Å². The van der Waals surface area contributed by atoms with E-state index < -0.39 is 0 Å². The Balaban J connectivity index is 1.42. The van der Waals surface area contributed by atoms with Gasteiger partial charge in [-0.15, -0.1) is 0 Å². The largest absolute Gasteiger partial charge is 0.383 e. The zero-order chi connectivity index (χ0) is 18.1. The molecule has 3 saturated heterocycles. The fraction of sp³-hybridized carbons (Fsp3) is 0.895. The third-order valence-electron chi connectivity index (χ3n) is 6.72. The number of hydrogen-bond acceptors (Lipinski definition) is 4. The lowest BCUT2D eigenvalue weighted by atomic mass is 9.83. The fourth-order valence-corrected chi connectivity index (χ4v) is 4.94. The predicted octanol–water partition coefficient (Wildman–Crippen LogP) is 1.32. The molecule has 26 heavy (non-hydrogen) atoms. The van der Waals surface area contributed by atoms with Crippen molar-refractivity contribution in [1.29, 1.82) is 0 Å². The minimum atomic E-state index is -0.185. The van der Waals surface area contributed by atoms with Gasteiger partial charge in [0.15, 0.2) is 0 Å². The molecular formula is C19H31N3O4. The molecule has 3 amide bonds. The van der Waals surface area contributed by atoms with Gasteiger partial charge in [0.05, 0.1) is 18.8 Å². The molecular weight excluding hydrogens is 334 g/mol. The van der Waals surface area contributed by atoms with Crippen molar-refractivity contribution in [2.45, 2.75) is 50.1 Å². The van der Waals surface area contributed by atoms with E-state index in [0.717, 1.165) is 58.3 Å². The summed E-state index contributed by atoms with van der Waals surface area (Å²) in [6.07, 6.45) is 5.96. The van der Waals surface area contributed by atoms with Gasteiger partial charge in [-0.2, -0.15) is 0 Å². The van der Waals surface area contributed by atoms with Crippen LogP contribution in [0.3, 0.4) is 0 Å². The number of urea groups is 1. The van der Waals surface area contributed by atoms with E-state index in [9.17, 15) is 9.59 Å². The first-order valence-corrected chi connectivity index (χ1v) is 10.1. The minimum Gasteiger partial charge on any atom is -0.383 e. The first-order chi connectivity index (χ1) is 12.6. The van der Waals surface area contributed by atoms with E-state index in [1.807, 2.05) is 9.80 Å². The quantitative estimate of drug-likeness (QED) is 0.737. The second kappa shape index (κ2) is 7.35. The van der Waals surface area contributed by atoms with Crippen molar-refractivity contribution in [2.75, 3.05) is 53.1 Å². The van der Waals surface area contributed by atoms with Gasteiger partial charge in [0.25, 0.3) is 0 Å². The summed E-state index contributed by atoms with van der Waals surface area (Å²) in [7, 11) is 1.67. The highest BCUT2D eigenvalue weighted by Gasteiger charge is 2.54. The topological polar surface area (TPSA) is 62.3 Å². The summed E-state index contributed by atoms with van der Waals surface area (Å²) in [6.45, 7) is 4.83. The Kier molecular flexibility index (Phi) is 5.10. The molecule has 0 aromatic heterocycles. The second-order valence-corrected chi connectivity index (χ2v) is 8.28. The highest BCUT2D eigenvalue weighted by Crippen LogP contribution is 2.38. The number of amides is 3. The summed E-state index contributed by atoms with van der Waals surface area (Å²) >= 11 is 0. The summed E-state index contributed by atoms with van der Waals surface area (Å²) in [6, 6.07) is 0.332. The molecule has 4 fully saturated rings. The molecule has 1 unspecified atom stereocenters. The Bertz CT molecular complexity index is 537. The molecule has 146 valence electrons. The van der Waals surface area contributed by atoms with Gasteiger partial charge in [-0.1, -0.05) is 6.42 Å². The SMILES string of the molecule is COCCN1CC2(CCOC2)N(C2CCN(C(=O)C3CCC3)CC2)C1=O. The van der Waals surface area contributed by atoms with Crippen molar-refractivity contribution in [3.8, 4) is 0 Å². The van der Waals surface area contributed by atoms with Crippen LogP contribution in [0.1, 0.15) is 38.5 Å². The maximum atomic E-state index is 13.1. The molecule has 4 aliphatic rings. The molecule has 0 N–H and O–H groups in total. The van der Waals surface area contributed by atoms with Crippen molar-refractivity contribution in [1.82, 2.24) is 14.7 Å². The van der Waals surface area contributed by atoms with Gasteiger partial charge in [0, 0.05) is 51.9 Å². The van der Waals surface area contributed by atoms with Gasteiger partial charge < -0.3 is 24.2 Å². The zero-order valence-corrected chi connectivity index (χ0v) is 15.8. The van der Waals surface area contributed by atoms with Crippen LogP contribution in [-0.2, 0) is 14.3 Å². The maximum absolute atomic E-state index is 13.1. The minimum absolute atomic E-state index is 0.122. The molecule has 7 nitrogen and oxygen atoms in total. The molecule has 1 spiro atoms. The molecule has 0 bridgehead atoms. The van der Waals surface area contributed by atoms with E-state index in [4.69, 9.17) is 9.47 Å². The Morgan fingerprint density at radius 1 is 1.27 bits per heavy atom. The van der Waals surface area contributed by atoms with E-state index in [2.05, 4.69) is 4.90 Å². The third kappa shape index (κ3) is 3.09. The van der Waals surface area contributed by atoms with Crippen molar-refractivity contribution in [3.63, 3.8) is 0 Å². The monoisotopic (exact) mass is 365 g/mol. The van der Waals surface area contributed by atoms with Gasteiger partial charge in [-0.05, 0) is 32.1 Å². The highest BCUT2D eigenvalue weighted by molar-refractivity contribution is 5.80. The van der Waals surface area contributed by atoms with E-state index in [-0.39, 0.29) is 23.5 Å². The summed E-state index contributed by atoms with van der Waals surface area (Å²) < 4.78 is 10.9. The van der Waals surface area contributed by atoms with Gasteiger partial charge in [-0.3, -0.25) is 4.79 Å². The van der Waals surface area contributed by atoms with Crippen LogP contribution >= 0.6 is 0 Å². The van der Waals surface area contributed by atoms with E-state index in [1.54, 1.807) is 7.11 Å². The van der Waals surface area contributed by atoms with Crippen LogP contribution in [0.25, 0.3) is 0 Å². The van der Waals surface area contributed by atoms with Gasteiger partial charge in [-0.25, -0.2) is 4.79 Å². The highest BCUT2D eigenvalue weighted by atomic mass is 16.5. The Morgan fingerprint density at radius 3 is 2.62 bits per heavy atom. The molecule has 0 aromatic rings. The number of likely N-dealkylation sites (tertiary alicyclic amines) is 1. The van der Waals surface area contributed by atoms with E-state index in [1.165, 1.54) is 6.42 Å². The second-order valence-electron chi connectivity index (χ2n) is 8.28. The van der Waals surface area contributed by atoms with Crippen molar-refractivity contribution in [2.24, 2.45) is 5.92 Å². The summed E-state index contributed by atoms with van der Waals surface area (Å²) in [5.41, 5.74) is -0.185. The molecule has 0 aromatic carbocycles. The van der Waals surface area contributed by atoms with Crippen LogP contribution in [0.15, 0.2) is 0 Å². The lowest BCUT2D eigenvalue weighted by Gasteiger charge is -2.43. The number of rotatable bonds is 5. The molecule has 1 aliphatic carbocycles. The Labute approximate surface area is 155 Å². The van der Waals surface area contributed by atoms with Gasteiger partial charge in [0.2, 0.25) is 5.91 Å². The van der Waals surface area contributed by atoms with Crippen molar-refractivity contribution < 1.29 is 19.1 Å². The number of nitrogens with zero attached hydrogens (tertiary/aromatic N) is 3. The lowest BCUT2D eigenvalue weighted by Crippen LogP contribution is -2.56. The Hall–Kier alpha value is -1.34. The van der Waals surface area contributed by atoms with E-state index in [0.29, 0.717) is 25.7 Å². The number of hydrogen-bond donors (Lipinski definition) is 0. The van der Waals surface area contributed by atoms with Crippen molar-refractivity contribution >= 4 is 11.9 Å². The van der Waals surface area contributed by atoms with Crippen molar-refractivity contribution in [3.05, 3.63) is 0 Å². The number of methoxy groups -OCH3 is 1. The normalized spacial score (nSPS) is 30.5. The summed E-state index contributed by atoms with van der Waals surface area (Å²) in [4.78, 5) is 31.7. The third-order valence-corrected chi connectivity index (χ3v) is 6.72. The zero-order valence-electron chi connectivity index (χ0n) is 15.8. The number of carbonyl (C=O) groups is 2. The number of carbonyl (C=O) groups excluding carboxylic acids is 2. The molecule has 1 atom stereocenters. The van der Waals surface area contributed by atoms with Crippen LogP contribution in [-0.4, -0.2) is 91.3 Å². The molecule has 4 rings (SSSR count).